The van der Waals surface area contributed by atoms with Crippen LogP contribution in [0, 0.1) is 5.41 Å². The maximum Gasteiger partial charge on any atom is 0.433 e. The summed E-state index contributed by atoms with van der Waals surface area (Å²) in [5, 5.41) is 11.4. The monoisotopic (exact) mass is 288 g/mol. The van der Waals surface area contributed by atoms with Crippen molar-refractivity contribution in [2.24, 2.45) is 5.41 Å². The smallest absolute Gasteiger partial charge is 0.433 e. The molecule has 1 aromatic rings. The van der Waals surface area contributed by atoms with Gasteiger partial charge in [0.05, 0.1) is 11.9 Å². The van der Waals surface area contributed by atoms with Crippen molar-refractivity contribution in [1.82, 2.24) is 4.98 Å². The van der Waals surface area contributed by atoms with Crippen LogP contribution in [0.15, 0.2) is 18.3 Å². The van der Waals surface area contributed by atoms with Crippen LogP contribution in [0.1, 0.15) is 25.0 Å². The van der Waals surface area contributed by atoms with Crippen LogP contribution in [0.2, 0.25) is 0 Å². The topological polar surface area (TPSA) is 79.3 Å². The van der Waals surface area contributed by atoms with Crippen molar-refractivity contribution in [3.8, 4) is 0 Å². The van der Waals surface area contributed by atoms with Gasteiger partial charge in [-0.3, -0.25) is 9.59 Å². The van der Waals surface area contributed by atoms with E-state index >= 15 is 0 Å². The Morgan fingerprint density at radius 2 is 1.95 bits per heavy atom. The number of aromatic nitrogens is 1. The average molecular weight is 288 g/mol. The van der Waals surface area contributed by atoms with Gasteiger partial charge in [0.25, 0.3) is 0 Å². The fourth-order valence-electron chi connectivity index (χ4n) is 1.95. The van der Waals surface area contributed by atoms with E-state index in [4.69, 9.17) is 5.11 Å². The molecule has 1 amide bonds. The van der Waals surface area contributed by atoms with E-state index in [-0.39, 0.29) is 18.5 Å². The molecule has 5 nitrogen and oxygen atoms in total. The second kappa shape index (κ2) is 4.77. The minimum absolute atomic E-state index is 0.0375. The van der Waals surface area contributed by atoms with Gasteiger partial charge in [0.2, 0.25) is 5.91 Å². The molecule has 0 aromatic carbocycles. The molecule has 1 saturated carbocycles. The predicted molar refractivity (Wildman–Crippen MR) is 61.8 cm³/mol. The Hall–Kier alpha value is -2.12. The number of nitrogens with one attached hydrogen (secondary N) is 1. The third-order valence-corrected chi connectivity index (χ3v) is 3.36. The summed E-state index contributed by atoms with van der Waals surface area (Å²) in [5.74, 6) is -1.95. The number of carboxylic acids is 1. The number of rotatable bonds is 3. The number of halogens is 3. The number of hydrogen-bond donors (Lipinski definition) is 2. The standard InChI is InChI=1S/C12H11F3N2O3/c13-12(14,15)8-3-2-7(6-16-8)17-9(18)11(10(19)20)4-1-5-11/h2-3,6H,1,4-5H2,(H,17,18)(H,19,20). The molecule has 0 atom stereocenters. The maximum atomic E-state index is 12.3. The summed E-state index contributed by atoms with van der Waals surface area (Å²) in [6.07, 6.45) is -2.62. The Labute approximate surface area is 111 Å². The van der Waals surface area contributed by atoms with Crippen LogP contribution in [-0.4, -0.2) is 22.0 Å². The van der Waals surface area contributed by atoms with Gasteiger partial charge in [0.15, 0.2) is 0 Å². The molecule has 2 rings (SSSR count). The zero-order valence-corrected chi connectivity index (χ0v) is 10.2. The molecule has 1 aliphatic rings. The second-order valence-electron chi connectivity index (χ2n) is 4.62. The van der Waals surface area contributed by atoms with E-state index in [1.165, 1.54) is 0 Å². The van der Waals surface area contributed by atoms with Gasteiger partial charge in [0, 0.05) is 0 Å². The molecule has 0 radical (unpaired) electrons. The normalized spacial score (nSPS) is 17.1. The molecule has 1 aliphatic carbocycles. The van der Waals surface area contributed by atoms with Crippen LogP contribution in [-0.2, 0) is 15.8 Å². The molecule has 108 valence electrons. The van der Waals surface area contributed by atoms with Crippen LogP contribution < -0.4 is 5.32 Å². The molecule has 1 fully saturated rings. The van der Waals surface area contributed by atoms with Crippen LogP contribution in [0.3, 0.4) is 0 Å². The largest absolute Gasteiger partial charge is 0.480 e. The van der Waals surface area contributed by atoms with Gasteiger partial charge in [-0.25, -0.2) is 4.98 Å². The van der Waals surface area contributed by atoms with Gasteiger partial charge in [0.1, 0.15) is 11.1 Å². The van der Waals surface area contributed by atoms with Gasteiger partial charge < -0.3 is 10.4 Å². The number of pyridine rings is 1. The quantitative estimate of drug-likeness (QED) is 0.836. The molecule has 1 aromatic heterocycles. The highest BCUT2D eigenvalue weighted by molar-refractivity contribution is 6.09. The third kappa shape index (κ3) is 2.45. The highest BCUT2D eigenvalue weighted by atomic mass is 19.4. The molecule has 2 N–H and O–H groups in total. The molecule has 0 aliphatic heterocycles. The number of nitrogens with zero attached hydrogens (tertiary/aromatic N) is 1. The van der Waals surface area contributed by atoms with Gasteiger partial charge in [-0.2, -0.15) is 13.2 Å². The van der Waals surface area contributed by atoms with E-state index in [9.17, 15) is 22.8 Å². The summed E-state index contributed by atoms with van der Waals surface area (Å²) in [4.78, 5) is 26.2. The minimum Gasteiger partial charge on any atom is -0.480 e. The lowest BCUT2D eigenvalue weighted by atomic mass is 9.68. The van der Waals surface area contributed by atoms with E-state index < -0.39 is 29.2 Å². The number of carboxylic acid groups (broad SMARTS) is 1. The summed E-state index contributed by atoms with van der Waals surface area (Å²) in [6, 6.07) is 1.77. The summed E-state index contributed by atoms with van der Waals surface area (Å²) >= 11 is 0. The number of amides is 1. The molecular formula is C12H11F3N2O3. The number of anilines is 1. The van der Waals surface area contributed by atoms with E-state index in [0.717, 1.165) is 18.3 Å². The van der Waals surface area contributed by atoms with Crippen LogP contribution in [0.5, 0.6) is 0 Å². The Kier molecular flexibility index (Phi) is 3.41. The van der Waals surface area contributed by atoms with Crippen molar-refractivity contribution in [2.75, 3.05) is 5.32 Å². The summed E-state index contributed by atoms with van der Waals surface area (Å²) in [5.41, 5.74) is -2.51. The van der Waals surface area contributed by atoms with Crippen LogP contribution in [0.25, 0.3) is 0 Å². The summed E-state index contributed by atoms with van der Waals surface area (Å²) in [7, 11) is 0. The Morgan fingerprint density at radius 3 is 2.30 bits per heavy atom. The number of aliphatic carboxylic acids is 1. The van der Waals surface area contributed by atoms with Gasteiger partial charge in [-0.1, -0.05) is 6.42 Å². The molecule has 0 unspecified atom stereocenters. The first-order valence-electron chi connectivity index (χ1n) is 5.84. The van der Waals surface area contributed by atoms with Gasteiger partial charge in [-0.05, 0) is 25.0 Å². The summed E-state index contributed by atoms with van der Waals surface area (Å²) < 4.78 is 36.9. The lowest BCUT2D eigenvalue weighted by Crippen LogP contribution is -2.48. The average Bonchev–Trinajstić information content (AvgIpc) is 2.26. The lowest BCUT2D eigenvalue weighted by molar-refractivity contribution is -0.159. The summed E-state index contributed by atoms with van der Waals surface area (Å²) in [6.45, 7) is 0. The highest BCUT2D eigenvalue weighted by Crippen LogP contribution is 2.42. The fourth-order valence-corrected chi connectivity index (χ4v) is 1.95. The first-order chi connectivity index (χ1) is 9.25. The van der Waals surface area contributed by atoms with E-state index in [1.807, 2.05) is 0 Å². The van der Waals surface area contributed by atoms with E-state index in [2.05, 4.69) is 10.3 Å². The van der Waals surface area contributed by atoms with Gasteiger partial charge >= 0.3 is 12.1 Å². The predicted octanol–water partition coefficient (Wildman–Crippen LogP) is 2.29. The fraction of sp³-hybridized carbons (Fsp3) is 0.417. The van der Waals surface area contributed by atoms with Crippen molar-refractivity contribution in [3.05, 3.63) is 24.0 Å². The Balaban J connectivity index is 2.11. The SMILES string of the molecule is O=C(O)C1(C(=O)Nc2ccc(C(F)(F)F)nc2)CCC1. The van der Waals surface area contributed by atoms with Crippen molar-refractivity contribution in [2.45, 2.75) is 25.4 Å². The van der Waals surface area contributed by atoms with Crippen LogP contribution >= 0.6 is 0 Å². The number of carbonyl (C=O) groups excluding carboxylic acids is 1. The molecule has 0 saturated heterocycles. The van der Waals surface area contributed by atoms with Crippen molar-refractivity contribution < 1.29 is 27.9 Å². The zero-order chi connectivity index (χ0) is 15.0. The number of carbonyl (C=O) groups is 2. The molecule has 0 spiro atoms. The van der Waals surface area contributed by atoms with E-state index in [0.29, 0.717) is 6.42 Å². The highest BCUT2D eigenvalue weighted by Gasteiger charge is 2.51. The number of hydrogen-bond acceptors (Lipinski definition) is 3. The van der Waals surface area contributed by atoms with Crippen molar-refractivity contribution >= 4 is 17.6 Å². The number of alkyl halides is 3. The van der Waals surface area contributed by atoms with Crippen molar-refractivity contribution in [1.29, 1.82) is 0 Å². The zero-order valence-electron chi connectivity index (χ0n) is 10.2. The second-order valence-corrected chi connectivity index (χ2v) is 4.62. The molecule has 0 bridgehead atoms. The maximum absolute atomic E-state index is 12.3. The Morgan fingerprint density at radius 1 is 1.30 bits per heavy atom. The molecular weight excluding hydrogens is 277 g/mol. The minimum atomic E-state index is -4.56. The van der Waals surface area contributed by atoms with Crippen molar-refractivity contribution in [3.63, 3.8) is 0 Å². The molecule has 1 heterocycles. The third-order valence-electron chi connectivity index (χ3n) is 3.36. The van der Waals surface area contributed by atoms with Crippen LogP contribution in [0.4, 0.5) is 18.9 Å². The van der Waals surface area contributed by atoms with Gasteiger partial charge in [-0.15, -0.1) is 0 Å². The Bertz CT molecular complexity index is 536. The lowest BCUT2D eigenvalue weighted by Gasteiger charge is -2.35. The van der Waals surface area contributed by atoms with E-state index in [1.54, 1.807) is 0 Å². The molecule has 20 heavy (non-hydrogen) atoms. The molecule has 8 heteroatoms. The first-order valence-corrected chi connectivity index (χ1v) is 5.84. The first kappa shape index (κ1) is 14.3.